The van der Waals surface area contributed by atoms with E-state index in [4.69, 9.17) is 21.7 Å². The standard InChI is InChI=1S/C16H20N2O3S/c1-11(2)21-9-8-18-13(10-15(19)17-16(18)22)12-6-4-5-7-14(12)20-3/h4-7,10-11H,8-9H2,1-3H3,(H,17,19,22). The monoisotopic (exact) mass is 320 g/mol. The third kappa shape index (κ3) is 3.84. The van der Waals surface area contributed by atoms with Crippen LogP contribution in [0, 0.1) is 4.77 Å². The molecule has 0 atom stereocenters. The first-order valence-corrected chi connectivity index (χ1v) is 7.53. The van der Waals surface area contributed by atoms with Gasteiger partial charge in [-0.25, -0.2) is 0 Å². The normalized spacial score (nSPS) is 10.9. The van der Waals surface area contributed by atoms with Crippen molar-refractivity contribution in [1.29, 1.82) is 0 Å². The van der Waals surface area contributed by atoms with Crippen LogP contribution in [0.5, 0.6) is 5.75 Å². The number of aromatic nitrogens is 2. The lowest BCUT2D eigenvalue weighted by atomic mass is 10.1. The molecule has 118 valence electrons. The number of para-hydroxylation sites is 1. The van der Waals surface area contributed by atoms with Gasteiger partial charge >= 0.3 is 0 Å². The molecule has 0 unspecified atom stereocenters. The predicted octanol–water partition coefficient (Wildman–Crippen LogP) is 3.01. The van der Waals surface area contributed by atoms with E-state index < -0.39 is 0 Å². The molecule has 1 N–H and O–H groups in total. The van der Waals surface area contributed by atoms with Crippen molar-refractivity contribution in [2.45, 2.75) is 26.5 Å². The van der Waals surface area contributed by atoms with Gasteiger partial charge in [0.1, 0.15) is 5.75 Å². The molecule has 1 aromatic heterocycles. The van der Waals surface area contributed by atoms with Gasteiger partial charge in [-0.2, -0.15) is 0 Å². The molecule has 0 bridgehead atoms. The molecule has 2 aromatic rings. The first-order chi connectivity index (χ1) is 10.5. The molecule has 1 aromatic carbocycles. The molecule has 5 nitrogen and oxygen atoms in total. The van der Waals surface area contributed by atoms with Gasteiger partial charge in [0.15, 0.2) is 4.77 Å². The molecule has 0 fully saturated rings. The van der Waals surface area contributed by atoms with Gasteiger partial charge in [-0.1, -0.05) is 12.1 Å². The van der Waals surface area contributed by atoms with E-state index in [2.05, 4.69) is 4.98 Å². The quantitative estimate of drug-likeness (QED) is 0.831. The maximum Gasteiger partial charge on any atom is 0.252 e. The minimum absolute atomic E-state index is 0.145. The first-order valence-electron chi connectivity index (χ1n) is 7.12. The van der Waals surface area contributed by atoms with Crippen molar-refractivity contribution in [3.05, 3.63) is 45.5 Å². The zero-order valence-corrected chi connectivity index (χ0v) is 13.8. The molecule has 0 saturated carbocycles. The lowest BCUT2D eigenvalue weighted by Crippen LogP contribution is -2.18. The summed E-state index contributed by atoms with van der Waals surface area (Å²) in [4.78, 5) is 14.5. The van der Waals surface area contributed by atoms with E-state index in [9.17, 15) is 4.79 Å². The van der Waals surface area contributed by atoms with Crippen LogP contribution < -0.4 is 10.3 Å². The molecule has 0 aliphatic heterocycles. The zero-order valence-electron chi connectivity index (χ0n) is 13.0. The highest BCUT2D eigenvalue weighted by atomic mass is 32.1. The van der Waals surface area contributed by atoms with Crippen molar-refractivity contribution in [1.82, 2.24) is 9.55 Å². The number of hydrogen-bond donors (Lipinski definition) is 1. The van der Waals surface area contributed by atoms with E-state index in [-0.39, 0.29) is 11.7 Å². The summed E-state index contributed by atoms with van der Waals surface area (Å²) in [5.74, 6) is 0.695. The van der Waals surface area contributed by atoms with Crippen LogP contribution in [0.4, 0.5) is 0 Å². The first kappa shape index (κ1) is 16.5. The van der Waals surface area contributed by atoms with Crippen LogP contribution in [-0.2, 0) is 11.3 Å². The van der Waals surface area contributed by atoms with Gasteiger partial charge in [-0.05, 0) is 38.2 Å². The second-order valence-electron chi connectivity index (χ2n) is 5.10. The molecular weight excluding hydrogens is 300 g/mol. The Balaban J connectivity index is 2.49. The Labute approximate surface area is 134 Å². The molecule has 0 spiro atoms. The van der Waals surface area contributed by atoms with Gasteiger partial charge in [-0.3, -0.25) is 9.78 Å². The maximum absolute atomic E-state index is 11.8. The van der Waals surface area contributed by atoms with Gasteiger partial charge in [0.05, 0.1) is 25.5 Å². The third-order valence-electron chi connectivity index (χ3n) is 3.18. The van der Waals surface area contributed by atoms with Crippen LogP contribution in [0.2, 0.25) is 0 Å². The van der Waals surface area contributed by atoms with E-state index in [1.807, 2.05) is 42.7 Å². The molecule has 0 aliphatic carbocycles. The van der Waals surface area contributed by atoms with Crippen molar-refractivity contribution in [2.75, 3.05) is 13.7 Å². The average molecular weight is 320 g/mol. The number of H-pyrrole nitrogens is 1. The Morgan fingerprint density at radius 3 is 2.73 bits per heavy atom. The summed E-state index contributed by atoms with van der Waals surface area (Å²) in [7, 11) is 1.60. The van der Waals surface area contributed by atoms with Gasteiger partial charge in [0.2, 0.25) is 0 Å². The van der Waals surface area contributed by atoms with Gasteiger partial charge < -0.3 is 14.0 Å². The largest absolute Gasteiger partial charge is 0.496 e. The number of hydrogen-bond acceptors (Lipinski definition) is 4. The van der Waals surface area contributed by atoms with Gasteiger partial charge in [-0.15, -0.1) is 0 Å². The summed E-state index contributed by atoms with van der Waals surface area (Å²) in [6.07, 6.45) is 0.145. The average Bonchev–Trinajstić information content (AvgIpc) is 2.48. The number of methoxy groups -OCH3 is 1. The minimum Gasteiger partial charge on any atom is -0.496 e. The van der Waals surface area contributed by atoms with Gasteiger partial charge in [0, 0.05) is 18.2 Å². The van der Waals surface area contributed by atoms with Crippen LogP contribution in [0.25, 0.3) is 11.3 Å². The molecule has 22 heavy (non-hydrogen) atoms. The van der Waals surface area contributed by atoms with E-state index >= 15 is 0 Å². The highest BCUT2D eigenvalue weighted by Gasteiger charge is 2.11. The highest BCUT2D eigenvalue weighted by molar-refractivity contribution is 7.71. The molecule has 1 heterocycles. The fraction of sp³-hybridized carbons (Fsp3) is 0.375. The summed E-state index contributed by atoms with van der Waals surface area (Å²) >= 11 is 5.30. The number of benzene rings is 1. The lowest BCUT2D eigenvalue weighted by Gasteiger charge is -2.16. The Hall–Kier alpha value is -1.92. The zero-order chi connectivity index (χ0) is 16.1. The molecule has 2 rings (SSSR count). The maximum atomic E-state index is 11.8. The number of nitrogens with zero attached hydrogens (tertiary/aromatic N) is 1. The Morgan fingerprint density at radius 1 is 1.32 bits per heavy atom. The summed E-state index contributed by atoms with van der Waals surface area (Å²) < 4.78 is 13.2. The van der Waals surface area contributed by atoms with Crippen molar-refractivity contribution in [3.63, 3.8) is 0 Å². The van der Waals surface area contributed by atoms with E-state index in [0.29, 0.717) is 23.7 Å². The van der Waals surface area contributed by atoms with Crippen molar-refractivity contribution in [2.24, 2.45) is 0 Å². The van der Waals surface area contributed by atoms with Crippen LogP contribution in [0.1, 0.15) is 13.8 Å². The minimum atomic E-state index is -0.230. The summed E-state index contributed by atoms with van der Waals surface area (Å²) in [6, 6.07) is 9.08. The number of aromatic amines is 1. The smallest absolute Gasteiger partial charge is 0.252 e. The molecular formula is C16H20N2O3S. The van der Waals surface area contributed by atoms with E-state index in [1.54, 1.807) is 7.11 Å². The van der Waals surface area contributed by atoms with Crippen LogP contribution in [0.15, 0.2) is 35.1 Å². The van der Waals surface area contributed by atoms with Crippen molar-refractivity contribution >= 4 is 12.2 Å². The van der Waals surface area contributed by atoms with Crippen LogP contribution in [-0.4, -0.2) is 29.4 Å². The third-order valence-corrected chi connectivity index (χ3v) is 3.51. The van der Waals surface area contributed by atoms with Gasteiger partial charge in [0.25, 0.3) is 5.56 Å². The fourth-order valence-electron chi connectivity index (χ4n) is 2.20. The Morgan fingerprint density at radius 2 is 2.05 bits per heavy atom. The molecule has 0 aliphatic rings. The molecule has 6 heteroatoms. The van der Waals surface area contributed by atoms with E-state index in [1.165, 1.54) is 6.07 Å². The predicted molar refractivity (Wildman–Crippen MR) is 89.0 cm³/mol. The number of rotatable bonds is 6. The second-order valence-corrected chi connectivity index (χ2v) is 5.48. The summed E-state index contributed by atoms with van der Waals surface area (Å²) in [5.41, 5.74) is 1.32. The summed E-state index contributed by atoms with van der Waals surface area (Å²) in [5, 5.41) is 0. The Bertz CT molecular complexity index is 750. The summed E-state index contributed by atoms with van der Waals surface area (Å²) in [6.45, 7) is 5.03. The van der Waals surface area contributed by atoms with E-state index in [0.717, 1.165) is 11.3 Å². The van der Waals surface area contributed by atoms with Crippen molar-refractivity contribution in [3.8, 4) is 17.0 Å². The molecule has 0 saturated heterocycles. The van der Waals surface area contributed by atoms with Crippen LogP contribution in [0.3, 0.4) is 0 Å². The topological polar surface area (TPSA) is 56.2 Å². The lowest BCUT2D eigenvalue weighted by molar-refractivity contribution is 0.0725. The molecule has 0 radical (unpaired) electrons. The second kappa shape index (κ2) is 7.38. The van der Waals surface area contributed by atoms with Crippen LogP contribution >= 0.6 is 12.2 Å². The molecule has 0 amide bonds. The Kier molecular flexibility index (Phi) is 5.51. The highest BCUT2D eigenvalue weighted by Crippen LogP contribution is 2.28. The number of ether oxygens (including phenoxy) is 2. The fourth-order valence-corrected chi connectivity index (χ4v) is 2.49. The SMILES string of the molecule is COc1ccccc1-c1cc(=O)[nH]c(=S)n1CCOC(C)C. The number of nitrogens with one attached hydrogen (secondary N) is 1. The van der Waals surface area contributed by atoms with Crippen molar-refractivity contribution < 1.29 is 9.47 Å².